The minimum atomic E-state index is -0.291. The molecule has 0 spiro atoms. The molecule has 2 unspecified atom stereocenters. The summed E-state index contributed by atoms with van der Waals surface area (Å²) < 4.78 is 5.51. The number of rotatable bonds is 6. The van der Waals surface area contributed by atoms with Crippen molar-refractivity contribution in [3.8, 4) is 0 Å². The molecule has 16 heavy (non-hydrogen) atoms. The van der Waals surface area contributed by atoms with Crippen LogP contribution in [0.5, 0.6) is 0 Å². The minimum Gasteiger partial charge on any atom is -0.364 e. The molecule has 0 aromatic carbocycles. The van der Waals surface area contributed by atoms with Crippen molar-refractivity contribution in [3.05, 3.63) is 0 Å². The maximum Gasteiger partial charge on any atom is 0.249 e. The molecule has 5 nitrogen and oxygen atoms in total. The van der Waals surface area contributed by atoms with E-state index in [0.29, 0.717) is 13.1 Å². The summed E-state index contributed by atoms with van der Waals surface area (Å²) in [4.78, 5) is 13.8. The average molecular weight is 229 g/mol. The lowest BCUT2D eigenvalue weighted by Gasteiger charge is -2.16. The molecular weight excluding hydrogens is 206 g/mol. The van der Waals surface area contributed by atoms with E-state index in [1.165, 1.54) is 0 Å². The third-order valence-electron chi connectivity index (χ3n) is 3.00. The standard InChI is InChI=1S/C11H23N3O2/c1-3-14(2)7-6-13-11(15)10-5-4-9(8-12)16-10/h9-10H,3-8,12H2,1-2H3,(H,13,15). The molecule has 1 amide bonds. The maximum atomic E-state index is 11.7. The van der Waals surface area contributed by atoms with Crippen LogP contribution in [-0.2, 0) is 9.53 Å². The van der Waals surface area contributed by atoms with Crippen LogP contribution in [0.1, 0.15) is 19.8 Å². The van der Waals surface area contributed by atoms with E-state index in [-0.39, 0.29) is 18.1 Å². The molecule has 1 fully saturated rings. The highest BCUT2D eigenvalue weighted by Crippen LogP contribution is 2.18. The topological polar surface area (TPSA) is 67.6 Å². The van der Waals surface area contributed by atoms with Crippen LogP contribution < -0.4 is 11.1 Å². The highest BCUT2D eigenvalue weighted by Gasteiger charge is 2.29. The summed E-state index contributed by atoms with van der Waals surface area (Å²) >= 11 is 0. The van der Waals surface area contributed by atoms with E-state index >= 15 is 0 Å². The number of ether oxygens (including phenoxy) is 1. The number of hydrogen-bond donors (Lipinski definition) is 2. The van der Waals surface area contributed by atoms with Crippen molar-refractivity contribution >= 4 is 5.91 Å². The number of carbonyl (C=O) groups excluding carboxylic acids is 1. The lowest BCUT2D eigenvalue weighted by Crippen LogP contribution is -2.39. The van der Waals surface area contributed by atoms with Gasteiger partial charge in [-0.3, -0.25) is 4.79 Å². The Hall–Kier alpha value is -0.650. The molecule has 2 atom stereocenters. The summed E-state index contributed by atoms with van der Waals surface area (Å²) in [6, 6.07) is 0. The van der Waals surface area contributed by atoms with Gasteiger partial charge in [-0.15, -0.1) is 0 Å². The summed E-state index contributed by atoms with van der Waals surface area (Å²) in [6.07, 6.45) is 1.45. The Labute approximate surface area is 97.3 Å². The molecular formula is C11H23N3O2. The maximum absolute atomic E-state index is 11.7. The normalized spacial score (nSPS) is 25.0. The van der Waals surface area contributed by atoms with Gasteiger partial charge in [0.2, 0.25) is 5.91 Å². The summed E-state index contributed by atoms with van der Waals surface area (Å²) in [6.45, 7) is 5.13. The molecule has 1 heterocycles. The van der Waals surface area contributed by atoms with Crippen molar-refractivity contribution < 1.29 is 9.53 Å². The quantitative estimate of drug-likeness (QED) is 0.648. The number of nitrogens with zero attached hydrogens (tertiary/aromatic N) is 1. The minimum absolute atomic E-state index is 0.000420. The van der Waals surface area contributed by atoms with Gasteiger partial charge in [0.1, 0.15) is 6.10 Å². The van der Waals surface area contributed by atoms with Crippen LogP contribution in [0.2, 0.25) is 0 Å². The van der Waals surface area contributed by atoms with Crippen LogP contribution in [0, 0.1) is 0 Å². The molecule has 1 rings (SSSR count). The van der Waals surface area contributed by atoms with Crippen LogP contribution in [0.15, 0.2) is 0 Å². The van der Waals surface area contributed by atoms with Crippen molar-refractivity contribution in [2.75, 3.05) is 33.2 Å². The van der Waals surface area contributed by atoms with Gasteiger partial charge in [-0.2, -0.15) is 0 Å². The molecule has 1 aliphatic heterocycles. The Balaban J connectivity index is 2.16. The van der Waals surface area contributed by atoms with Crippen molar-refractivity contribution in [1.29, 1.82) is 0 Å². The summed E-state index contributed by atoms with van der Waals surface area (Å²) in [7, 11) is 2.03. The first-order valence-corrected chi connectivity index (χ1v) is 5.99. The van der Waals surface area contributed by atoms with Crippen LogP contribution in [-0.4, -0.2) is 56.2 Å². The Morgan fingerprint density at radius 3 is 2.88 bits per heavy atom. The van der Waals surface area contributed by atoms with Gasteiger partial charge in [-0.05, 0) is 26.4 Å². The molecule has 1 aliphatic rings. The largest absolute Gasteiger partial charge is 0.364 e. The Kier molecular flexibility index (Phi) is 5.73. The first-order chi connectivity index (χ1) is 7.67. The van der Waals surface area contributed by atoms with E-state index in [1.54, 1.807) is 0 Å². The van der Waals surface area contributed by atoms with Crippen LogP contribution in [0.4, 0.5) is 0 Å². The zero-order valence-electron chi connectivity index (χ0n) is 10.2. The third-order valence-corrected chi connectivity index (χ3v) is 3.00. The second kappa shape index (κ2) is 6.83. The molecule has 3 N–H and O–H groups in total. The highest BCUT2D eigenvalue weighted by molar-refractivity contribution is 5.81. The van der Waals surface area contributed by atoms with Crippen molar-refractivity contribution in [3.63, 3.8) is 0 Å². The van der Waals surface area contributed by atoms with Crippen LogP contribution in [0.3, 0.4) is 0 Å². The van der Waals surface area contributed by atoms with Gasteiger partial charge in [-0.25, -0.2) is 0 Å². The van der Waals surface area contributed by atoms with E-state index in [2.05, 4.69) is 17.1 Å². The fourth-order valence-corrected chi connectivity index (χ4v) is 1.71. The van der Waals surface area contributed by atoms with Gasteiger partial charge in [0.15, 0.2) is 0 Å². The van der Waals surface area contributed by atoms with Crippen molar-refractivity contribution in [1.82, 2.24) is 10.2 Å². The number of amides is 1. The van der Waals surface area contributed by atoms with Crippen LogP contribution >= 0.6 is 0 Å². The van der Waals surface area contributed by atoms with Gasteiger partial charge in [0, 0.05) is 19.6 Å². The predicted molar refractivity (Wildman–Crippen MR) is 63.1 cm³/mol. The van der Waals surface area contributed by atoms with E-state index in [1.807, 2.05) is 7.05 Å². The summed E-state index contributed by atoms with van der Waals surface area (Å²) in [5, 5.41) is 2.89. The van der Waals surface area contributed by atoms with Gasteiger partial charge < -0.3 is 20.7 Å². The first kappa shape index (κ1) is 13.4. The fraction of sp³-hybridized carbons (Fsp3) is 0.909. The van der Waals surface area contributed by atoms with Gasteiger partial charge >= 0.3 is 0 Å². The van der Waals surface area contributed by atoms with Gasteiger partial charge in [0.05, 0.1) is 6.10 Å². The molecule has 0 aromatic rings. The van der Waals surface area contributed by atoms with Gasteiger partial charge in [-0.1, -0.05) is 6.92 Å². The van der Waals surface area contributed by atoms with E-state index in [9.17, 15) is 4.79 Å². The van der Waals surface area contributed by atoms with E-state index in [4.69, 9.17) is 10.5 Å². The lowest BCUT2D eigenvalue weighted by molar-refractivity contribution is -0.131. The van der Waals surface area contributed by atoms with Gasteiger partial charge in [0.25, 0.3) is 0 Å². The molecule has 0 bridgehead atoms. The van der Waals surface area contributed by atoms with Crippen molar-refractivity contribution in [2.45, 2.75) is 32.0 Å². The molecule has 0 saturated carbocycles. The van der Waals surface area contributed by atoms with Crippen molar-refractivity contribution in [2.24, 2.45) is 5.73 Å². The highest BCUT2D eigenvalue weighted by atomic mass is 16.5. The van der Waals surface area contributed by atoms with E-state index < -0.39 is 0 Å². The molecule has 0 radical (unpaired) electrons. The molecule has 5 heteroatoms. The lowest BCUT2D eigenvalue weighted by atomic mass is 10.2. The van der Waals surface area contributed by atoms with Crippen LogP contribution in [0.25, 0.3) is 0 Å². The molecule has 0 aromatic heterocycles. The first-order valence-electron chi connectivity index (χ1n) is 5.99. The SMILES string of the molecule is CCN(C)CCNC(=O)C1CCC(CN)O1. The third kappa shape index (κ3) is 4.08. The number of nitrogens with one attached hydrogen (secondary N) is 1. The molecule has 1 saturated heterocycles. The Morgan fingerprint density at radius 2 is 2.31 bits per heavy atom. The van der Waals surface area contributed by atoms with E-state index in [0.717, 1.165) is 25.9 Å². The zero-order valence-corrected chi connectivity index (χ0v) is 10.2. The number of carbonyl (C=O) groups is 1. The smallest absolute Gasteiger partial charge is 0.249 e. The summed E-state index contributed by atoms with van der Waals surface area (Å²) in [5.74, 6) is 0.000420. The second-order valence-electron chi connectivity index (χ2n) is 4.25. The average Bonchev–Trinajstić information content (AvgIpc) is 2.77. The molecule has 94 valence electrons. The molecule has 0 aliphatic carbocycles. The zero-order chi connectivity index (χ0) is 12.0. The summed E-state index contributed by atoms with van der Waals surface area (Å²) in [5.41, 5.74) is 5.49. The second-order valence-corrected chi connectivity index (χ2v) is 4.25. The Bertz CT molecular complexity index is 223. The Morgan fingerprint density at radius 1 is 1.56 bits per heavy atom. The monoisotopic (exact) mass is 229 g/mol. The number of likely N-dealkylation sites (N-methyl/N-ethyl adjacent to an activating group) is 1. The fourth-order valence-electron chi connectivity index (χ4n) is 1.71. The number of hydrogen-bond acceptors (Lipinski definition) is 4. The number of nitrogens with two attached hydrogens (primary N) is 1. The predicted octanol–water partition coefficient (Wildman–Crippen LogP) is -0.439.